The first-order valence-corrected chi connectivity index (χ1v) is 9.50. The van der Waals surface area contributed by atoms with Crippen LogP contribution in [0.25, 0.3) is 0 Å². The van der Waals surface area contributed by atoms with Crippen LogP contribution in [0.1, 0.15) is 49.5 Å². The van der Waals surface area contributed by atoms with E-state index in [1.54, 1.807) is 22.9 Å². The van der Waals surface area contributed by atoms with Crippen LogP contribution in [0.15, 0.2) is 16.6 Å². The van der Waals surface area contributed by atoms with E-state index >= 15 is 0 Å². The number of nitrogens with zero attached hydrogens (tertiary/aromatic N) is 2. The lowest BCUT2D eigenvalue weighted by Crippen LogP contribution is -2.48. The Bertz CT molecular complexity index is 695. The molecular formula is C19H26BrFN2O3. The lowest BCUT2D eigenvalue weighted by molar-refractivity contribution is 0.0159. The molecule has 144 valence electrons. The van der Waals surface area contributed by atoms with E-state index in [0.29, 0.717) is 30.4 Å². The van der Waals surface area contributed by atoms with Crippen molar-refractivity contribution in [3.8, 4) is 0 Å². The molecule has 0 aliphatic carbocycles. The molecule has 5 nitrogen and oxygen atoms in total. The molecule has 0 unspecified atom stereocenters. The molecule has 1 fully saturated rings. The first-order chi connectivity index (χ1) is 12.0. The summed E-state index contributed by atoms with van der Waals surface area (Å²) >= 11 is 3.32. The van der Waals surface area contributed by atoms with Crippen molar-refractivity contribution in [3.63, 3.8) is 0 Å². The van der Waals surface area contributed by atoms with Gasteiger partial charge in [0.2, 0.25) is 0 Å². The number of aryl methyl sites for hydroxylation is 1. The van der Waals surface area contributed by atoms with Crippen molar-refractivity contribution in [1.82, 2.24) is 9.80 Å². The van der Waals surface area contributed by atoms with Crippen LogP contribution in [-0.2, 0) is 4.74 Å². The Hall–Kier alpha value is -1.63. The van der Waals surface area contributed by atoms with Crippen LogP contribution in [0.5, 0.6) is 0 Å². The van der Waals surface area contributed by atoms with Gasteiger partial charge in [0.05, 0.1) is 5.56 Å². The molecule has 2 amide bonds. The molecule has 0 bridgehead atoms. The summed E-state index contributed by atoms with van der Waals surface area (Å²) in [5.74, 6) is -0.890. The van der Waals surface area contributed by atoms with Gasteiger partial charge < -0.3 is 14.5 Å². The molecular weight excluding hydrogens is 403 g/mol. The molecule has 0 radical (unpaired) electrons. The predicted molar refractivity (Wildman–Crippen MR) is 102 cm³/mol. The Balaban J connectivity index is 2.02. The molecule has 0 N–H and O–H groups in total. The highest BCUT2D eigenvalue weighted by Crippen LogP contribution is 2.27. The van der Waals surface area contributed by atoms with E-state index in [2.05, 4.69) is 15.9 Å². The van der Waals surface area contributed by atoms with Crippen LogP contribution in [0.2, 0.25) is 0 Å². The molecule has 0 atom stereocenters. The topological polar surface area (TPSA) is 49.9 Å². The summed E-state index contributed by atoms with van der Waals surface area (Å²) < 4.78 is 20.1. The summed E-state index contributed by atoms with van der Waals surface area (Å²) in [6, 6.07) is 2.90. The largest absolute Gasteiger partial charge is 0.444 e. The van der Waals surface area contributed by atoms with Crippen LogP contribution in [-0.4, -0.2) is 53.6 Å². The van der Waals surface area contributed by atoms with Gasteiger partial charge in [-0.25, -0.2) is 9.18 Å². The van der Waals surface area contributed by atoms with E-state index in [9.17, 15) is 14.0 Å². The molecule has 0 aromatic heterocycles. The summed E-state index contributed by atoms with van der Waals surface area (Å²) in [4.78, 5) is 28.2. The molecule has 1 aliphatic heterocycles. The van der Waals surface area contributed by atoms with Crippen molar-refractivity contribution in [1.29, 1.82) is 0 Å². The minimum Gasteiger partial charge on any atom is -0.444 e. The Labute approximate surface area is 162 Å². The van der Waals surface area contributed by atoms with Crippen molar-refractivity contribution < 1.29 is 18.7 Å². The molecule has 7 heteroatoms. The normalized spacial score (nSPS) is 15.7. The second-order valence-corrected chi connectivity index (χ2v) is 8.46. The second kappa shape index (κ2) is 7.94. The number of piperidine rings is 1. The minimum atomic E-state index is -0.537. The minimum absolute atomic E-state index is 0.0481. The van der Waals surface area contributed by atoms with Gasteiger partial charge in [-0.2, -0.15) is 0 Å². The van der Waals surface area contributed by atoms with Crippen molar-refractivity contribution in [3.05, 3.63) is 33.5 Å². The smallest absolute Gasteiger partial charge is 0.410 e. The quantitative estimate of drug-likeness (QED) is 0.702. The molecule has 1 aliphatic rings. The molecule has 26 heavy (non-hydrogen) atoms. The van der Waals surface area contributed by atoms with Gasteiger partial charge in [0.15, 0.2) is 0 Å². The Morgan fingerprint density at radius 2 is 1.85 bits per heavy atom. The number of carbonyl (C=O) groups is 2. The van der Waals surface area contributed by atoms with Gasteiger partial charge in [-0.05, 0) is 68.1 Å². The fraction of sp³-hybridized carbons (Fsp3) is 0.579. The molecule has 0 spiro atoms. The number of halogens is 2. The highest BCUT2D eigenvalue weighted by Gasteiger charge is 2.31. The van der Waals surface area contributed by atoms with Crippen LogP contribution < -0.4 is 0 Å². The van der Waals surface area contributed by atoms with E-state index in [0.717, 1.165) is 5.56 Å². The summed E-state index contributed by atoms with van der Waals surface area (Å²) in [7, 11) is 1.68. The van der Waals surface area contributed by atoms with Crippen molar-refractivity contribution in [2.75, 3.05) is 20.1 Å². The van der Waals surface area contributed by atoms with Gasteiger partial charge in [-0.3, -0.25) is 4.79 Å². The predicted octanol–water partition coefficient (Wildman–Crippen LogP) is 4.37. The Morgan fingerprint density at radius 3 is 2.38 bits per heavy atom. The summed E-state index contributed by atoms with van der Waals surface area (Å²) in [6.45, 7) is 8.33. The van der Waals surface area contributed by atoms with Crippen molar-refractivity contribution in [2.24, 2.45) is 0 Å². The monoisotopic (exact) mass is 428 g/mol. The fourth-order valence-corrected chi connectivity index (χ4v) is 3.45. The standard InChI is InChI=1S/C19H26BrFN2O3/c1-12-6-7-14(21)15(16(12)20)17(24)22(5)13-8-10-23(11-9-13)18(25)26-19(2,3)4/h6-7,13H,8-11H2,1-5H3. The van der Waals surface area contributed by atoms with Crippen molar-refractivity contribution >= 4 is 27.9 Å². The summed E-state index contributed by atoms with van der Waals surface area (Å²) in [5.41, 5.74) is 0.334. The number of ether oxygens (including phenoxy) is 1. The maximum atomic E-state index is 14.2. The van der Waals surface area contributed by atoms with Crippen LogP contribution in [0.4, 0.5) is 9.18 Å². The second-order valence-electron chi connectivity index (χ2n) is 7.67. The van der Waals surface area contributed by atoms with Gasteiger partial charge in [0.1, 0.15) is 11.4 Å². The third kappa shape index (κ3) is 4.75. The van der Waals surface area contributed by atoms with E-state index in [4.69, 9.17) is 4.74 Å². The average Bonchev–Trinajstić information content (AvgIpc) is 2.56. The number of benzene rings is 1. The third-order valence-corrected chi connectivity index (χ3v) is 5.50. The zero-order chi connectivity index (χ0) is 19.6. The van der Waals surface area contributed by atoms with Gasteiger partial charge in [0.25, 0.3) is 5.91 Å². The van der Waals surface area contributed by atoms with Gasteiger partial charge in [0, 0.05) is 30.7 Å². The van der Waals surface area contributed by atoms with E-state index in [-0.39, 0.29) is 23.6 Å². The molecule has 1 heterocycles. The Kier molecular flexibility index (Phi) is 6.32. The molecule has 2 rings (SSSR count). The van der Waals surface area contributed by atoms with Gasteiger partial charge in [-0.1, -0.05) is 6.07 Å². The maximum Gasteiger partial charge on any atom is 0.410 e. The van der Waals surface area contributed by atoms with Crippen LogP contribution >= 0.6 is 15.9 Å². The van der Waals surface area contributed by atoms with E-state index in [1.165, 1.54) is 6.07 Å². The van der Waals surface area contributed by atoms with E-state index in [1.807, 2.05) is 27.7 Å². The van der Waals surface area contributed by atoms with Crippen LogP contribution in [0.3, 0.4) is 0 Å². The number of likely N-dealkylation sites (tertiary alicyclic amines) is 1. The molecule has 1 aromatic rings. The zero-order valence-electron chi connectivity index (χ0n) is 15.9. The maximum absolute atomic E-state index is 14.2. The molecule has 0 saturated carbocycles. The third-order valence-electron chi connectivity index (χ3n) is 4.48. The highest BCUT2D eigenvalue weighted by atomic mass is 79.9. The van der Waals surface area contributed by atoms with Crippen molar-refractivity contribution in [2.45, 2.75) is 52.2 Å². The zero-order valence-corrected chi connectivity index (χ0v) is 17.5. The Morgan fingerprint density at radius 1 is 1.27 bits per heavy atom. The highest BCUT2D eigenvalue weighted by molar-refractivity contribution is 9.10. The lowest BCUT2D eigenvalue weighted by atomic mass is 10.0. The van der Waals surface area contributed by atoms with Gasteiger partial charge in [-0.15, -0.1) is 0 Å². The fourth-order valence-electron chi connectivity index (χ4n) is 2.96. The van der Waals surface area contributed by atoms with Crippen LogP contribution in [0, 0.1) is 12.7 Å². The van der Waals surface area contributed by atoms with E-state index < -0.39 is 11.4 Å². The first kappa shape index (κ1) is 20.7. The summed E-state index contributed by atoms with van der Waals surface area (Å²) in [6.07, 6.45) is 0.927. The molecule has 1 aromatic carbocycles. The summed E-state index contributed by atoms with van der Waals surface area (Å²) in [5, 5.41) is 0. The number of hydrogen-bond donors (Lipinski definition) is 0. The number of amides is 2. The molecule has 1 saturated heterocycles. The number of hydrogen-bond acceptors (Lipinski definition) is 3. The lowest BCUT2D eigenvalue weighted by Gasteiger charge is -2.37. The SMILES string of the molecule is Cc1ccc(F)c(C(=O)N(C)C2CCN(C(=O)OC(C)(C)C)CC2)c1Br. The van der Waals surface area contributed by atoms with Gasteiger partial charge >= 0.3 is 6.09 Å². The average molecular weight is 429 g/mol. The number of carbonyl (C=O) groups excluding carboxylic acids is 2. The first-order valence-electron chi connectivity index (χ1n) is 8.71. The number of rotatable bonds is 2.